The zero-order valence-electron chi connectivity index (χ0n) is 10.5. The first-order valence-electron chi connectivity index (χ1n) is 5.90. The molecule has 2 rings (SSSR count). The number of carboxylic acid groups (broad SMARTS) is 1. The van der Waals surface area contributed by atoms with Gasteiger partial charge in [-0.2, -0.15) is 0 Å². The molecule has 0 saturated carbocycles. The smallest absolute Gasteiger partial charge is 0.329 e. The number of ether oxygens (including phenoxy) is 1. The first kappa shape index (κ1) is 14.9. The number of rotatable bonds is 5. The summed E-state index contributed by atoms with van der Waals surface area (Å²) < 4.78 is 5.14. The van der Waals surface area contributed by atoms with Crippen molar-refractivity contribution in [2.24, 2.45) is 0 Å². The van der Waals surface area contributed by atoms with Crippen molar-refractivity contribution in [3.05, 3.63) is 58.1 Å². The molecule has 104 valence electrons. The van der Waals surface area contributed by atoms with Crippen molar-refractivity contribution in [1.29, 1.82) is 0 Å². The summed E-state index contributed by atoms with van der Waals surface area (Å²) in [6.45, 7) is -0.114. The molecule has 0 amide bonds. The molecule has 0 radical (unpaired) electrons. The summed E-state index contributed by atoms with van der Waals surface area (Å²) in [5.74, 6) is -0.992. The van der Waals surface area contributed by atoms with Crippen LogP contribution in [0, 0.1) is 0 Å². The van der Waals surface area contributed by atoms with Crippen molar-refractivity contribution < 1.29 is 14.6 Å². The maximum Gasteiger partial charge on any atom is 0.329 e. The van der Waals surface area contributed by atoms with Crippen molar-refractivity contribution in [2.45, 2.75) is 6.61 Å². The van der Waals surface area contributed by atoms with Crippen molar-refractivity contribution in [1.82, 2.24) is 0 Å². The van der Waals surface area contributed by atoms with Crippen LogP contribution in [0.5, 0.6) is 0 Å². The minimum Gasteiger partial charge on any atom is -0.480 e. The van der Waals surface area contributed by atoms with E-state index >= 15 is 0 Å². The molecular weight excluding hydrogens is 299 g/mol. The van der Waals surface area contributed by atoms with Gasteiger partial charge in [0.05, 0.1) is 6.61 Å². The Labute approximate surface area is 126 Å². The fourth-order valence-electron chi connectivity index (χ4n) is 1.89. The van der Waals surface area contributed by atoms with Crippen molar-refractivity contribution in [3.8, 4) is 11.1 Å². The van der Waals surface area contributed by atoms with Gasteiger partial charge in [0.1, 0.15) is 6.61 Å². The fraction of sp³-hybridized carbons (Fsp3) is 0.133. The maximum absolute atomic E-state index is 10.5. The van der Waals surface area contributed by atoms with Crippen LogP contribution in [0.25, 0.3) is 11.1 Å². The van der Waals surface area contributed by atoms with Gasteiger partial charge in [-0.15, -0.1) is 0 Å². The van der Waals surface area contributed by atoms with E-state index in [1.54, 1.807) is 6.07 Å². The molecule has 0 bridgehead atoms. The molecule has 2 aromatic rings. The zero-order valence-corrected chi connectivity index (χ0v) is 12.0. The Morgan fingerprint density at radius 1 is 1.10 bits per heavy atom. The highest BCUT2D eigenvalue weighted by atomic mass is 35.5. The predicted octanol–water partition coefficient (Wildman–Crippen LogP) is 4.26. The molecular formula is C15H12Cl2O3. The van der Waals surface area contributed by atoms with E-state index in [1.807, 2.05) is 36.4 Å². The lowest BCUT2D eigenvalue weighted by molar-refractivity contribution is -0.142. The molecule has 0 aliphatic carbocycles. The number of hydrogen-bond donors (Lipinski definition) is 1. The van der Waals surface area contributed by atoms with E-state index < -0.39 is 5.97 Å². The van der Waals surface area contributed by atoms with Crippen LogP contribution >= 0.6 is 23.2 Å². The molecule has 0 fully saturated rings. The van der Waals surface area contributed by atoms with E-state index in [0.717, 1.165) is 16.7 Å². The van der Waals surface area contributed by atoms with E-state index in [4.69, 9.17) is 33.0 Å². The van der Waals surface area contributed by atoms with Crippen molar-refractivity contribution in [3.63, 3.8) is 0 Å². The molecule has 0 saturated heterocycles. The maximum atomic E-state index is 10.5. The lowest BCUT2D eigenvalue weighted by Crippen LogP contribution is -2.07. The van der Waals surface area contributed by atoms with Crippen LogP contribution in [0.15, 0.2) is 42.5 Å². The Hall–Kier alpha value is -1.55. The van der Waals surface area contributed by atoms with Crippen molar-refractivity contribution in [2.75, 3.05) is 6.61 Å². The van der Waals surface area contributed by atoms with Gasteiger partial charge in [0.25, 0.3) is 0 Å². The van der Waals surface area contributed by atoms with Crippen LogP contribution in [-0.4, -0.2) is 17.7 Å². The summed E-state index contributed by atoms with van der Waals surface area (Å²) in [6.07, 6.45) is 0. The Kier molecular flexibility index (Phi) is 5.01. The van der Waals surface area contributed by atoms with Gasteiger partial charge < -0.3 is 9.84 Å². The average molecular weight is 311 g/mol. The van der Waals surface area contributed by atoms with Gasteiger partial charge in [0.15, 0.2) is 0 Å². The van der Waals surface area contributed by atoms with Crippen LogP contribution in [0.4, 0.5) is 0 Å². The Balaban J connectivity index is 2.29. The lowest BCUT2D eigenvalue weighted by Gasteiger charge is -2.10. The van der Waals surface area contributed by atoms with Crippen LogP contribution < -0.4 is 0 Å². The average Bonchev–Trinajstić information content (AvgIpc) is 2.37. The van der Waals surface area contributed by atoms with Gasteiger partial charge in [0.2, 0.25) is 0 Å². The lowest BCUT2D eigenvalue weighted by atomic mass is 10.0. The number of hydrogen-bond acceptors (Lipinski definition) is 2. The quantitative estimate of drug-likeness (QED) is 0.897. The molecule has 3 nitrogen and oxygen atoms in total. The Morgan fingerprint density at radius 3 is 2.40 bits per heavy atom. The Bertz CT molecular complexity index is 606. The number of carboxylic acids is 1. The summed E-state index contributed by atoms with van der Waals surface area (Å²) in [6, 6.07) is 12.8. The van der Waals surface area contributed by atoms with Crippen LogP contribution in [0.2, 0.25) is 10.0 Å². The minimum atomic E-state index is -0.992. The second kappa shape index (κ2) is 6.75. The van der Waals surface area contributed by atoms with E-state index in [9.17, 15) is 4.79 Å². The highest BCUT2D eigenvalue weighted by molar-refractivity contribution is 6.35. The summed E-state index contributed by atoms with van der Waals surface area (Å²) >= 11 is 12.0. The number of carbonyl (C=O) groups is 1. The third-order valence-electron chi connectivity index (χ3n) is 2.67. The summed E-state index contributed by atoms with van der Waals surface area (Å²) in [5.41, 5.74) is 2.67. The van der Waals surface area contributed by atoms with Gasteiger partial charge in [0, 0.05) is 10.0 Å². The molecule has 0 aromatic heterocycles. The third-order valence-corrected chi connectivity index (χ3v) is 3.11. The van der Waals surface area contributed by atoms with Crippen LogP contribution in [-0.2, 0) is 16.1 Å². The molecule has 5 heteroatoms. The monoisotopic (exact) mass is 310 g/mol. The first-order valence-corrected chi connectivity index (χ1v) is 6.66. The molecule has 20 heavy (non-hydrogen) atoms. The van der Waals surface area contributed by atoms with Gasteiger partial charge in [-0.3, -0.25) is 0 Å². The van der Waals surface area contributed by atoms with Crippen LogP contribution in [0.3, 0.4) is 0 Å². The normalized spacial score (nSPS) is 10.5. The second-order valence-corrected chi connectivity index (χ2v) is 5.07. The zero-order chi connectivity index (χ0) is 14.5. The highest BCUT2D eigenvalue weighted by Crippen LogP contribution is 2.29. The first-order chi connectivity index (χ1) is 9.56. The summed E-state index contributed by atoms with van der Waals surface area (Å²) in [4.78, 5) is 10.5. The van der Waals surface area contributed by atoms with Crippen molar-refractivity contribution >= 4 is 29.2 Å². The van der Waals surface area contributed by atoms with Gasteiger partial charge in [-0.25, -0.2) is 4.79 Å². The molecule has 0 heterocycles. The Morgan fingerprint density at radius 2 is 1.75 bits per heavy atom. The molecule has 0 aliphatic rings. The van der Waals surface area contributed by atoms with Crippen LogP contribution in [0.1, 0.15) is 5.56 Å². The van der Waals surface area contributed by atoms with E-state index in [1.165, 1.54) is 0 Å². The molecule has 1 N–H and O–H groups in total. The fourth-order valence-corrected chi connectivity index (χ4v) is 2.41. The molecule has 0 atom stereocenters. The third kappa shape index (κ3) is 3.97. The SMILES string of the molecule is O=C(O)COCc1ccccc1-c1cc(Cl)cc(Cl)c1. The summed E-state index contributed by atoms with van der Waals surface area (Å²) in [5, 5.41) is 9.69. The van der Waals surface area contributed by atoms with Gasteiger partial charge >= 0.3 is 5.97 Å². The number of aliphatic carboxylic acids is 1. The minimum absolute atomic E-state index is 0.215. The van der Waals surface area contributed by atoms with Gasteiger partial charge in [-0.05, 0) is 34.9 Å². The number of benzene rings is 2. The summed E-state index contributed by atoms with van der Waals surface area (Å²) in [7, 11) is 0. The topological polar surface area (TPSA) is 46.5 Å². The number of halogens is 2. The molecule has 0 unspecified atom stereocenters. The van der Waals surface area contributed by atoms with Gasteiger partial charge in [-0.1, -0.05) is 47.5 Å². The van der Waals surface area contributed by atoms with E-state index in [2.05, 4.69) is 0 Å². The molecule has 0 spiro atoms. The second-order valence-electron chi connectivity index (χ2n) is 4.20. The molecule has 2 aromatic carbocycles. The highest BCUT2D eigenvalue weighted by Gasteiger charge is 2.07. The van der Waals surface area contributed by atoms with E-state index in [-0.39, 0.29) is 13.2 Å². The molecule has 0 aliphatic heterocycles. The van der Waals surface area contributed by atoms with E-state index in [0.29, 0.717) is 10.0 Å². The predicted molar refractivity (Wildman–Crippen MR) is 79.2 cm³/mol. The largest absolute Gasteiger partial charge is 0.480 e. The standard InChI is InChI=1S/C15H12Cl2O3/c16-12-5-11(6-13(17)7-12)14-4-2-1-3-10(14)8-20-9-15(18)19/h1-7H,8-9H2,(H,18,19).